The van der Waals surface area contributed by atoms with Crippen molar-refractivity contribution in [3.05, 3.63) is 24.3 Å². The summed E-state index contributed by atoms with van der Waals surface area (Å²) >= 11 is 0. The van der Waals surface area contributed by atoms with Gasteiger partial charge in [-0.05, 0) is 64.2 Å². The van der Waals surface area contributed by atoms with E-state index in [4.69, 9.17) is 4.74 Å². The predicted molar refractivity (Wildman–Crippen MR) is 170 cm³/mol. The van der Waals surface area contributed by atoms with Crippen LogP contribution >= 0.6 is 0 Å². The van der Waals surface area contributed by atoms with Crippen molar-refractivity contribution in [3.63, 3.8) is 0 Å². The Morgan fingerprint density at radius 1 is 0.421 bits per heavy atom. The van der Waals surface area contributed by atoms with Crippen LogP contribution in [0.2, 0.25) is 0 Å². The number of carbonyl (C=O) groups excluding carboxylic acids is 1. The van der Waals surface area contributed by atoms with Crippen LogP contribution in [0.1, 0.15) is 194 Å². The zero-order chi connectivity index (χ0) is 27.6. The molecule has 0 aliphatic carbocycles. The summed E-state index contributed by atoms with van der Waals surface area (Å²) < 4.78 is 5.42. The van der Waals surface area contributed by atoms with E-state index < -0.39 is 0 Å². The smallest absolute Gasteiger partial charge is 0.305 e. The zero-order valence-electron chi connectivity index (χ0n) is 26.1. The maximum absolute atomic E-state index is 11.9. The van der Waals surface area contributed by atoms with Crippen LogP contribution in [0.5, 0.6) is 0 Å². The third-order valence-corrected chi connectivity index (χ3v) is 7.56. The molecule has 224 valence electrons. The average Bonchev–Trinajstić information content (AvgIpc) is 2.92. The van der Waals surface area contributed by atoms with E-state index in [9.17, 15) is 4.79 Å². The maximum atomic E-state index is 11.9. The lowest BCUT2D eigenvalue weighted by atomic mass is 10.1. The Morgan fingerprint density at radius 2 is 0.737 bits per heavy atom. The average molecular weight is 533 g/mol. The quantitative estimate of drug-likeness (QED) is 0.0504. The highest BCUT2D eigenvalue weighted by Gasteiger charge is 2.02. The van der Waals surface area contributed by atoms with Gasteiger partial charge in [-0.15, -0.1) is 0 Å². The number of hydrogen-bond donors (Lipinski definition) is 0. The van der Waals surface area contributed by atoms with Crippen molar-refractivity contribution < 1.29 is 9.53 Å². The van der Waals surface area contributed by atoms with Crippen LogP contribution in [0.3, 0.4) is 0 Å². The van der Waals surface area contributed by atoms with Crippen molar-refractivity contribution in [1.29, 1.82) is 0 Å². The molecule has 0 aliphatic rings. The lowest BCUT2D eigenvalue weighted by molar-refractivity contribution is -0.143. The second kappa shape index (κ2) is 34.0. The number of unbranched alkanes of at least 4 members (excludes halogenated alkanes) is 23. The van der Waals surface area contributed by atoms with E-state index in [0.717, 1.165) is 19.3 Å². The molecule has 0 spiro atoms. The van der Waals surface area contributed by atoms with Crippen LogP contribution in [0.4, 0.5) is 0 Å². The van der Waals surface area contributed by atoms with Crippen molar-refractivity contribution in [2.75, 3.05) is 6.61 Å². The van der Waals surface area contributed by atoms with Crippen molar-refractivity contribution in [2.24, 2.45) is 0 Å². The molecule has 2 heteroatoms. The van der Waals surface area contributed by atoms with E-state index in [2.05, 4.69) is 38.2 Å². The highest BCUT2D eigenvalue weighted by atomic mass is 16.5. The van der Waals surface area contributed by atoms with Crippen molar-refractivity contribution >= 4 is 5.97 Å². The molecule has 0 rings (SSSR count). The molecule has 0 aromatic carbocycles. The van der Waals surface area contributed by atoms with E-state index in [-0.39, 0.29) is 5.97 Å². The Bertz CT molecular complexity index is 507. The second-order valence-corrected chi connectivity index (χ2v) is 11.5. The minimum atomic E-state index is 0.00961. The van der Waals surface area contributed by atoms with Gasteiger partial charge in [-0.3, -0.25) is 4.79 Å². The first kappa shape index (κ1) is 37.0. The first-order chi connectivity index (χ1) is 18.8. The first-order valence-electron chi connectivity index (χ1n) is 17.3. The van der Waals surface area contributed by atoms with Crippen LogP contribution in [0, 0.1) is 0 Å². The zero-order valence-corrected chi connectivity index (χ0v) is 26.1. The maximum Gasteiger partial charge on any atom is 0.305 e. The van der Waals surface area contributed by atoms with Gasteiger partial charge in [-0.1, -0.05) is 147 Å². The minimum absolute atomic E-state index is 0.00961. The van der Waals surface area contributed by atoms with Gasteiger partial charge in [0.2, 0.25) is 0 Å². The number of rotatable bonds is 31. The molecular formula is C36H68O2. The predicted octanol–water partition coefficient (Wildman–Crippen LogP) is 12.6. The van der Waals surface area contributed by atoms with Gasteiger partial charge in [-0.2, -0.15) is 0 Å². The van der Waals surface area contributed by atoms with Crippen LogP contribution in [0.25, 0.3) is 0 Å². The summed E-state index contributed by atoms with van der Waals surface area (Å²) in [4.78, 5) is 11.9. The summed E-state index contributed by atoms with van der Waals surface area (Å²) in [6.07, 6.45) is 45.2. The lowest BCUT2D eigenvalue weighted by Gasteiger charge is -2.05. The third kappa shape index (κ3) is 33.0. The highest BCUT2D eigenvalue weighted by molar-refractivity contribution is 5.69. The SMILES string of the molecule is CCCCCCCC/C=C\CCCCCCCCOC(=O)CCCCCCC/C=C\CCCCCCCC. The Labute approximate surface area is 239 Å². The standard InChI is InChI=1S/C36H68O2/c1-3-5-7-9-11-13-15-17-19-21-23-25-27-29-31-33-35-38-36(37)34-32-30-28-26-24-22-20-18-16-14-12-10-8-6-4-2/h17-20H,3-16,21-35H2,1-2H3/b19-17-,20-18-. The van der Waals surface area contributed by atoms with Crippen LogP contribution in [-0.2, 0) is 9.53 Å². The molecule has 0 unspecified atom stereocenters. The Morgan fingerprint density at radius 3 is 1.13 bits per heavy atom. The van der Waals surface area contributed by atoms with Gasteiger partial charge in [0.1, 0.15) is 0 Å². The summed E-state index contributed by atoms with van der Waals surface area (Å²) in [5, 5.41) is 0. The van der Waals surface area contributed by atoms with Gasteiger partial charge in [0, 0.05) is 6.42 Å². The molecule has 0 saturated carbocycles. The highest BCUT2D eigenvalue weighted by Crippen LogP contribution is 2.12. The van der Waals surface area contributed by atoms with Crippen LogP contribution < -0.4 is 0 Å². The summed E-state index contributed by atoms with van der Waals surface area (Å²) in [7, 11) is 0. The van der Waals surface area contributed by atoms with E-state index in [1.165, 1.54) is 154 Å². The Hall–Kier alpha value is -1.05. The molecule has 0 aromatic heterocycles. The second-order valence-electron chi connectivity index (χ2n) is 11.5. The van der Waals surface area contributed by atoms with Gasteiger partial charge in [0.15, 0.2) is 0 Å². The lowest BCUT2D eigenvalue weighted by Crippen LogP contribution is -2.05. The fourth-order valence-electron chi connectivity index (χ4n) is 4.95. The fraction of sp³-hybridized carbons (Fsp3) is 0.861. The molecule has 0 amide bonds. The summed E-state index contributed by atoms with van der Waals surface area (Å²) in [5.41, 5.74) is 0. The van der Waals surface area contributed by atoms with Crippen LogP contribution in [-0.4, -0.2) is 12.6 Å². The molecule has 0 fully saturated rings. The van der Waals surface area contributed by atoms with Crippen molar-refractivity contribution in [3.8, 4) is 0 Å². The number of carbonyl (C=O) groups is 1. The number of hydrogen-bond acceptors (Lipinski definition) is 2. The Balaban J connectivity index is 3.23. The van der Waals surface area contributed by atoms with E-state index >= 15 is 0 Å². The Kier molecular flexibility index (Phi) is 33.0. The molecule has 0 radical (unpaired) electrons. The fourth-order valence-corrected chi connectivity index (χ4v) is 4.95. The molecule has 0 aromatic rings. The molecule has 0 N–H and O–H groups in total. The van der Waals surface area contributed by atoms with E-state index in [0.29, 0.717) is 13.0 Å². The summed E-state index contributed by atoms with van der Waals surface area (Å²) in [6, 6.07) is 0. The van der Waals surface area contributed by atoms with Gasteiger partial charge < -0.3 is 4.74 Å². The number of ether oxygens (including phenoxy) is 1. The molecule has 0 heterocycles. The summed E-state index contributed by atoms with van der Waals surface area (Å²) in [5.74, 6) is 0.00961. The van der Waals surface area contributed by atoms with Crippen molar-refractivity contribution in [1.82, 2.24) is 0 Å². The minimum Gasteiger partial charge on any atom is -0.466 e. The largest absolute Gasteiger partial charge is 0.466 e. The van der Waals surface area contributed by atoms with E-state index in [1.54, 1.807) is 0 Å². The monoisotopic (exact) mass is 533 g/mol. The van der Waals surface area contributed by atoms with Crippen LogP contribution in [0.15, 0.2) is 24.3 Å². The molecular weight excluding hydrogens is 464 g/mol. The molecule has 38 heavy (non-hydrogen) atoms. The molecule has 0 bridgehead atoms. The normalized spacial score (nSPS) is 11.7. The van der Waals surface area contributed by atoms with E-state index in [1.807, 2.05) is 0 Å². The van der Waals surface area contributed by atoms with Gasteiger partial charge in [0.25, 0.3) is 0 Å². The van der Waals surface area contributed by atoms with Gasteiger partial charge in [-0.25, -0.2) is 0 Å². The molecule has 0 saturated heterocycles. The van der Waals surface area contributed by atoms with Crippen molar-refractivity contribution in [2.45, 2.75) is 194 Å². The van der Waals surface area contributed by atoms with Gasteiger partial charge in [0.05, 0.1) is 6.61 Å². The molecule has 2 nitrogen and oxygen atoms in total. The van der Waals surface area contributed by atoms with Gasteiger partial charge >= 0.3 is 5.97 Å². The molecule has 0 aliphatic heterocycles. The third-order valence-electron chi connectivity index (χ3n) is 7.56. The number of esters is 1. The topological polar surface area (TPSA) is 26.3 Å². The molecule has 0 atom stereocenters. The first-order valence-corrected chi connectivity index (χ1v) is 17.3. The number of allylic oxidation sites excluding steroid dienone is 4. The summed E-state index contributed by atoms with van der Waals surface area (Å²) in [6.45, 7) is 5.17.